The highest BCUT2D eigenvalue weighted by Gasteiger charge is 2.24. The lowest BCUT2D eigenvalue weighted by Crippen LogP contribution is -2.19. The number of nitrogens with one attached hydrogen (secondary N) is 1. The van der Waals surface area contributed by atoms with E-state index in [1.807, 2.05) is 28.8 Å². The predicted octanol–water partition coefficient (Wildman–Crippen LogP) is 3.03. The number of hydrogen-bond acceptors (Lipinski definition) is 4. The van der Waals surface area contributed by atoms with E-state index >= 15 is 0 Å². The Kier molecular flexibility index (Phi) is 3.42. The minimum Gasteiger partial charge on any atom is -0.497 e. The maximum absolute atomic E-state index is 12.5. The fourth-order valence-corrected chi connectivity index (χ4v) is 2.70. The SMILES string of the molecule is COc1ccc(NC(=O)c2ncn3c2COc2ccccc2-3)cc1. The summed E-state index contributed by atoms with van der Waals surface area (Å²) >= 11 is 0. The molecule has 1 amide bonds. The summed E-state index contributed by atoms with van der Waals surface area (Å²) in [4.78, 5) is 16.8. The Bertz CT molecular complexity index is 900. The van der Waals surface area contributed by atoms with Gasteiger partial charge < -0.3 is 14.8 Å². The Balaban J connectivity index is 1.62. The molecule has 6 nitrogen and oxygen atoms in total. The zero-order valence-corrected chi connectivity index (χ0v) is 13.0. The number of benzene rings is 2. The molecule has 0 fully saturated rings. The lowest BCUT2D eigenvalue weighted by molar-refractivity contribution is 0.101. The largest absolute Gasteiger partial charge is 0.497 e. The first kappa shape index (κ1) is 14.3. The molecule has 24 heavy (non-hydrogen) atoms. The zero-order valence-electron chi connectivity index (χ0n) is 13.0. The fraction of sp³-hybridized carbons (Fsp3) is 0.111. The van der Waals surface area contributed by atoms with Crippen molar-refractivity contribution in [1.82, 2.24) is 9.55 Å². The fourth-order valence-electron chi connectivity index (χ4n) is 2.70. The van der Waals surface area contributed by atoms with E-state index in [1.165, 1.54) is 0 Å². The summed E-state index contributed by atoms with van der Waals surface area (Å²) in [7, 11) is 1.60. The third kappa shape index (κ3) is 2.38. The van der Waals surface area contributed by atoms with Gasteiger partial charge in [-0.2, -0.15) is 0 Å². The van der Waals surface area contributed by atoms with Crippen LogP contribution in [0.5, 0.6) is 11.5 Å². The predicted molar refractivity (Wildman–Crippen MR) is 88.8 cm³/mol. The second-order valence-electron chi connectivity index (χ2n) is 5.35. The Hall–Kier alpha value is -3.28. The van der Waals surface area contributed by atoms with E-state index in [4.69, 9.17) is 9.47 Å². The lowest BCUT2D eigenvalue weighted by Gasteiger charge is -2.20. The lowest BCUT2D eigenvalue weighted by atomic mass is 10.2. The first-order chi connectivity index (χ1) is 11.8. The number of ether oxygens (including phenoxy) is 2. The number of hydrogen-bond donors (Lipinski definition) is 1. The molecular formula is C18H15N3O3. The summed E-state index contributed by atoms with van der Waals surface area (Å²) in [5, 5.41) is 2.84. The van der Waals surface area contributed by atoms with Crippen LogP contribution in [0.2, 0.25) is 0 Å². The summed E-state index contributed by atoms with van der Waals surface area (Å²) in [5.41, 5.74) is 2.66. The standard InChI is InChI=1S/C18H15N3O3/c1-23-13-8-6-12(7-9-13)20-18(22)17-15-10-24-16-5-3-2-4-14(16)21(15)11-19-17/h2-9,11H,10H2,1H3,(H,20,22). The van der Waals surface area contributed by atoms with Gasteiger partial charge in [0.1, 0.15) is 24.4 Å². The van der Waals surface area contributed by atoms with Crippen molar-refractivity contribution in [3.8, 4) is 17.2 Å². The maximum Gasteiger partial charge on any atom is 0.276 e. The van der Waals surface area contributed by atoms with Crippen LogP contribution >= 0.6 is 0 Å². The monoisotopic (exact) mass is 321 g/mol. The van der Waals surface area contributed by atoms with E-state index in [2.05, 4.69) is 10.3 Å². The second kappa shape index (κ2) is 5.73. The van der Waals surface area contributed by atoms with Crippen LogP contribution in [0.1, 0.15) is 16.2 Å². The van der Waals surface area contributed by atoms with Crippen molar-refractivity contribution < 1.29 is 14.3 Å². The smallest absolute Gasteiger partial charge is 0.276 e. The quantitative estimate of drug-likeness (QED) is 0.805. The minimum absolute atomic E-state index is 0.267. The first-order valence-electron chi connectivity index (χ1n) is 7.50. The van der Waals surface area contributed by atoms with Crippen molar-refractivity contribution in [2.75, 3.05) is 12.4 Å². The van der Waals surface area contributed by atoms with Crippen molar-refractivity contribution in [1.29, 1.82) is 0 Å². The average molecular weight is 321 g/mol. The van der Waals surface area contributed by atoms with Gasteiger partial charge in [0.2, 0.25) is 0 Å². The molecule has 2 heterocycles. The van der Waals surface area contributed by atoms with Gasteiger partial charge in [-0.25, -0.2) is 4.98 Å². The van der Waals surface area contributed by atoms with Gasteiger partial charge in [0.05, 0.1) is 18.5 Å². The maximum atomic E-state index is 12.5. The number of anilines is 1. The molecule has 0 saturated heterocycles. The molecule has 0 bridgehead atoms. The summed E-state index contributed by atoms with van der Waals surface area (Å²) < 4.78 is 12.7. The van der Waals surface area contributed by atoms with Crippen LogP contribution < -0.4 is 14.8 Å². The summed E-state index contributed by atoms with van der Waals surface area (Å²) in [6, 6.07) is 14.8. The molecular weight excluding hydrogens is 306 g/mol. The molecule has 6 heteroatoms. The van der Waals surface area contributed by atoms with Gasteiger partial charge in [-0.1, -0.05) is 12.1 Å². The molecule has 1 N–H and O–H groups in total. The summed E-state index contributed by atoms with van der Waals surface area (Å²) in [5.74, 6) is 1.25. The van der Waals surface area contributed by atoms with Crippen LogP contribution in [-0.2, 0) is 6.61 Å². The Morgan fingerprint density at radius 1 is 1.21 bits per heavy atom. The Labute approximate surface area is 138 Å². The van der Waals surface area contributed by atoms with Gasteiger partial charge in [-0.05, 0) is 36.4 Å². The van der Waals surface area contributed by atoms with Gasteiger partial charge in [-0.15, -0.1) is 0 Å². The molecule has 4 rings (SSSR count). The van der Waals surface area contributed by atoms with Crippen molar-refractivity contribution in [2.45, 2.75) is 6.61 Å². The minimum atomic E-state index is -0.267. The van der Waals surface area contributed by atoms with Crippen molar-refractivity contribution in [3.05, 3.63) is 66.2 Å². The number of carbonyl (C=O) groups excluding carboxylic acids is 1. The van der Waals surface area contributed by atoms with E-state index in [9.17, 15) is 4.79 Å². The van der Waals surface area contributed by atoms with E-state index < -0.39 is 0 Å². The van der Waals surface area contributed by atoms with Gasteiger partial charge in [0.25, 0.3) is 5.91 Å². The number of fused-ring (bicyclic) bond motifs is 3. The molecule has 1 aliphatic rings. The van der Waals surface area contributed by atoms with Crippen LogP contribution in [0.25, 0.3) is 5.69 Å². The average Bonchev–Trinajstić information content (AvgIpc) is 3.07. The normalized spacial score (nSPS) is 11.9. The second-order valence-corrected chi connectivity index (χ2v) is 5.35. The number of para-hydroxylation sites is 2. The van der Waals surface area contributed by atoms with Crippen LogP contribution in [0.4, 0.5) is 5.69 Å². The highest BCUT2D eigenvalue weighted by Crippen LogP contribution is 2.30. The third-order valence-corrected chi connectivity index (χ3v) is 3.92. The molecule has 2 aromatic carbocycles. The van der Waals surface area contributed by atoms with Gasteiger partial charge >= 0.3 is 0 Å². The van der Waals surface area contributed by atoms with E-state index in [-0.39, 0.29) is 5.91 Å². The molecule has 0 radical (unpaired) electrons. The highest BCUT2D eigenvalue weighted by molar-refractivity contribution is 6.03. The Morgan fingerprint density at radius 2 is 2.00 bits per heavy atom. The van der Waals surface area contributed by atoms with E-state index in [0.717, 1.165) is 22.9 Å². The number of imidazole rings is 1. The molecule has 0 saturated carbocycles. The van der Waals surface area contributed by atoms with Gasteiger partial charge in [0, 0.05) is 5.69 Å². The number of carbonyl (C=O) groups is 1. The van der Waals surface area contributed by atoms with Crippen molar-refractivity contribution >= 4 is 11.6 Å². The zero-order chi connectivity index (χ0) is 16.5. The molecule has 3 aromatic rings. The molecule has 0 unspecified atom stereocenters. The van der Waals surface area contributed by atoms with Crippen LogP contribution in [0.15, 0.2) is 54.9 Å². The number of aromatic nitrogens is 2. The van der Waals surface area contributed by atoms with Crippen LogP contribution in [0.3, 0.4) is 0 Å². The van der Waals surface area contributed by atoms with Crippen LogP contribution in [-0.4, -0.2) is 22.6 Å². The summed E-state index contributed by atoms with van der Waals surface area (Å²) in [6.07, 6.45) is 1.65. The highest BCUT2D eigenvalue weighted by atomic mass is 16.5. The summed E-state index contributed by atoms with van der Waals surface area (Å²) in [6.45, 7) is 0.308. The van der Waals surface area contributed by atoms with Crippen molar-refractivity contribution in [2.24, 2.45) is 0 Å². The Morgan fingerprint density at radius 3 is 2.79 bits per heavy atom. The van der Waals surface area contributed by atoms with Gasteiger partial charge in [0.15, 0.2) is 5.69 Å². The molecule has 0 atom stereocenters. The third-order valence-electron chi connectivity index (χ3n) is 3.92. The number of rotatable bonds is 3. The number of nitrogens with zero attached hydrogens (tertiary/aromatic N) is 2. The van der Waals surface area contributed by atoms with E-state index in [1.54, 1.807) is 37.7 Å². The molecule has 120 valence electrons. The topological polar surface area (TPSA) is 65.4 Å². The number of amides is 1. The number of methoxy groups -OCH3 is 1. The first-order valence-corrected chi connectivity index (χ1v) is 7.50. The molecule has 0 aliphatic carbocycles. The molecule has 1 aliphatic heterocycles. The van der Waals surface area contributed by atoms with Gasteiger partial charge in [-0.3, -0.25) is 9.36 Å². The van der Waals surface area contributed by atoms with E-state index in [0.29, 0.717) is 18.0 Å². The van der Waals surface area contributed by atoms with Crippen LogP contribution in [0, 0.1) is 0 Å². The van der Waals surface area contributed by atoms with Crippen molar-refractivity contribution in [3.63, 3.8) is 0 Å². The molecule has 0 spiro atoms. The molecule has 1 aromatic heterocycles.